The van der Waals surface area contributed by atoms with Gasteiger partial charge in [-0.15, -0.1) is 0 Å². The summed E-state index contributed by atoms with van der Waals surface area (Å²) >= 11 is 0. The van der Waals surface area contributed by atoms with Crippen molar-refractivity contribution in [2.24, 2.45) is 0 Å². The van der Waals surface area contributed by atoms with E-state index in [9.17, 15) is 0 Å². The summed E-state index contributed by atoms with van der Waals surface area (Å²) in [5, 5.41) is 0. The zero-order chi connectivity index (χ0) is 9.97. The second kappa shape index (κ2) is 3.83. The summed E-state index contributed by atoms with van der Waals surface area (Å²) in [6, 6.07) is 10.8. The van der Waals surface area contributed by atoms with E-state index in [4.69, 9.17) is 0 Å². The molecule has 1 unspecified atom stereocenters. The predicted molar refractivity (Wildman–Crippen MR) is 61.3 cm³/mol. The molecule has 1 saturated carbocycles. The van der Waals surface area contributed by atoms with E-state index in [2.05, 4.69) is 56.3 Å². The van der Waals surface area contributed by atoms with E-state index >= 15 is 0 Å². The Morgan fingerprint density at radius 3 is 2.36 bits per heavy atom. The van der Waals surface area contributed by atoms with Gasteiger partial charge in [-0.1, -0.05) is 42.5 Å². The van der Waals surface area contributed by atoms with Gasteiger partial charge in [0, 0.05) is 5.92 Å². The predicted octanol–water partition coefficient (Wildman–Crippen LogP) is 4.07. The first-order valence-corrected chi connectivity index (χ1v) is 5.23. The lowest BCUT2D eigenvalue weighted by Gasteiger charge is -2.33. The van der Waals surface area contributed by atoms with Crippen LogP contribution < -0.4 is 0 Å². The first-order chi connectivity index (χ1) is 6.86. The molecule has 72 valence electrons. The van der Waals surface area contributed by atoms with E-state index in [1.54, 1.807) is 0 Å². The van der Waals surface area contributed by atoms with Crippen molar-refractivity contribution in [1.82, 2.24) is 0 Å². The largest absolute Gasteiger partial charge is 0.0841 e. The van der Waals surface area contributed by atoms with Crippen LogP contribution in [0, 0.1) is 0 Å². The third kappa shape index (κ3) is 1.41. The Morgan fingerprint density at radius 1 is 1.07 bits per heavy atom. The van der Waals surface area contributed by atoms with Crippen LogP contribution in [0.1, 0.15) is 31.7 Å². The van der Waals surface area contributed by atoms with Gasteiger partial charge in [-0.05, 0) is 37.0 Å². The maximum atomic E-state index is 2.25. The third-order valence-corrected chi connectivity index (χ3v) is 3.03. The molecule has 0 bridgehead atoms. The Bertz CT molecular complexity index is 368. The molecule has 0 radical (unpaired) electrons. The number of rotatable bonds is 1. The number of hydrogen-bond acceptors (Lipinski definition) is 0. The lowest BCUT2D eigenvalue weighted by Crippen LogP contribution is -2.16. The molecule has 1 aromatic rings. The molecule has 1 aliphatic carbocycles. The molecule has 14 heavy (non-hydrogen) atoms. The highest BCUT2D eigenvalue weighted by Gasteiger charge is 2.29. The molecule has 1 aromatic carbocycles. The van der Waals surface area contributed by atoms with E-state index in [1.807, 2.05) is 0 Å². The highest BCUT2D eigenvalue weighted by Crippen LogP contribution is 2.46. The Labute approximate surface area is 86.0 Å². The van der Waals surface area contributed by atoms with Gasteiger partial charge in [-0.2, -0.15) is 0 Å². The molecule has 0 saturated heterocycles. The van der Waals surface area contributed by atoms with Gasteiger partial charge in [0.1, 0.15) is 0 Å². The summed E-state index contributed by atoms with van der Waals surface area (Å²) in [5.74, 6) is 0.646. The van der Waals surface area contributed by atoms with Crippen LogP contribution in [-0.4, -0.2) is 0 Å². The van der Waals surface area contributed by atoms with Gasteiger partial charge in [0.25, 0.3) is 0 Å². The van der Waals surface area contributed by atoms with Crippen LogP contribution in [0.25, 0.3) is 0 Å². The van der Waals surface area contributed by atoms with Gasteiger partial charge < -0.3 is 0 Å². The van der Waals surface area contributed by atoms with Crippen molar-refractivity contribution in [1.29, 1.82) is 0 Å². The average molecular weight is 184 g/mol. The molecular weight excluding hydrogens is 168 g/mol. The second-order valence-corrected chi connectivity index (χ2v) is 3.73. The second-order valence-electron chi connectivity index (χ2n) is 3.73. The molecule has 0 heterocycles. The molecule has 0 amide bonds. The van der Waals surface area contributed by atoms with Gasteiger partial charge in [-0.3, -0.25) is 0 Å². The first-order valence-electron chi connectivity index (χ1n) is 5.23. The molecule has 1 atom stereocenters. The monoisotopic (exact) mass is 184 g/mol. The average Bonchev–Trinajstić information content (AvgIpc) is 2.19. The van der Waals surface area contributed by atoms with Crippen molar-refractivity contribution in [2.45, 2.75) is 26.2 Å². The fourth-order valence-corrected chi connectivity index (χ4v) is 2.19. The maximum Gasteiger partial charge on any atom is 0.0129 e. The topological polar surface area (TPSA) is 0 Å². The number of hydrogen-bond donors (Lipinski definition) is 0. The summed E-state index contributed by atoms with van der Waals surface area (Å²) in [6.45, 7) is 4.26. The Balaban J connectivity index is 2.25. The normalized spacial score (nSPS) is 26.6. The molecular formula is C14H16. The Morgan fingerprint density at radius 2 is 1.79 bits per heavy atom. The van der Waals surface area contributed by atoms with Crippen molar-refractivity contribution in [3.8, 4) is 0 Å². The summed E-state index contributed by atoms with van der Waals surface area (Å²) in [5.41, 5.74) is 4.48. The van der Waals surface area contributed by atoms with Crippen LogP contribution >= 0.6 is 0 Å². The molecule has 1 fully saturated rings. The number of benzene rings is 1. The molecule has 0 aromatic heterocycles. The SMILES string of the molecule is C/C=C1/CC(c2ccccc2)/C1=C/C. The molecule has 0 heteroatoms. The van der Waals surface area contributed by atoms with Crippen LogP contribution in [0.4, 0.5) is 0 Å². The summed E-state index contributed by atoms with van der Waals surface area (Å²) in [6.07, 6.45) is 5.69. The summed E-state index contributed by atoms with van der Waals surface area (Å²) in [4.78, 5) is 0. The lowest BCUT2D eigenvalue weighted by atomic mass is 9.71. The summed E-state index contributed by atoms with van der Waals surface area (Å²) < 4.78 is 0. The van der Waals surface area contributed by atoms with Crippen molar-refractivity contribution < 1.29 is 0 Å². The number of allylic oxidation sites excluding steroid dienone is 4. The molecule has 2 rings (SSSR count). The van der Waals surface area contributed by atoms with Crippen molar-refractivity contribution >= 4 is 0 Å². The van der Waals surface area contributed by atoms with Crippen LogP contribution in [0.2, 0.25) is 0 Å². The van der Waals surface area contributed by atoms with Gasteiger partial charge >= 0.3 is 0 Å². The van der Waals surface area contributed by atoms with Crippen molar-refractivity contribution in [3.05, 3.63) is 59.2 Å². The zero-order valence-electron chi connectivity index (χ0n) is 8.83. The minimum Gasteiger partial charge on any atom is -0.0841 e. The van der Waals surface area contributed by atoms with E-state index < -0.39 is 0 Å². The smallest absolute Gasteiger partial charge is 0.0129 e. The van der Waals surface area contributed by atoms with Crippen LogP contribution in [0.5, 0.6) is 0 Å². The fraction of sp³-hybridized carbons (Fsp3) is 0.286. The first kappa shape index (κ1) is 9.26. The van der Waals surface area contributed by atoms with E-state index in [0.29, 0.717) is 5.92 Å². The van der Waals surface area contributed by atoms with Crippen molar-refractivity contribution in [2.75, 3.05) is 0 Å². The van der Waals surface area contributed by atoms with Gasteiger partial charge in [0.2, 0.25) is 0 Å². The van der Waals surface area contributed by atoms with Crippen molar-refractivity contribution in [3.63, 3.8) is 0 Å². The van der Waals surface area contributed by atoms with Crippen LogP contribution in [0.3, 0.4) is 0 Å². The molecule has 0 N–H and O–H groups in total. The fourth-order valence-electron chi connectivity index (χ4n) is 2.19. The zero-order valence-corrected chi connectivity index (χ0v) is 8.83. The Hall–Kier alpha value is -1.30. The summed E-state index contributed by atoms with van der Waals surface area (Å²) in [7, 11) is 0. The third-order valence-electron chi connectivity index (χ3n) is 3.03. The van der Waals surface area contributed by atoms with Gasteiger partial charge in [-0.25, -0.2) is 0 Å². The minimum atomic E-state index is 0.646. The minimum absolute atomic E-state index is 0.646. The van der Waals surface area contributed by atoms with Gasteiger partial charge in [0.15, 0.2) is 0 Å². The van der Waals surface area contributed by atoms with E-state index in [1.165, 1.54) is 23.1 Å². The van der Waals surface area contributed by atoms with Crippen LogP contribution in [0.15, 0.2) is 53.6 Å². The lowest BCUT2D eigenvalue weighted by molar-refractivity contribution is 0.687. The molecule has 0 aliphatic heterocycles. The standard InChI is InChI=1S/C14H16/c1-3-11-10-14(13(11)4-2)12-8-6-5-7-9-12/h3-9,14H,10H2,1-2H3/b11-3-,13-4+. The Kier molecular flexibility index (Phi) is 2.53. The highest BCUT2D eigenvalue weighted by molar-refractivity contribution is 5.50. The molecule has 0 nitrogen and oxygen atoms in total. The van der Waals surface area contributed by atoms with E-state index in [0.717, 1.165) is 0 Å². The van der Waals surface area contributed by atoms with Gasteiger partial charge in [0.05, 0.1) is 0 Å². The quantitative estimate of drug-likeness (QED) is 0.617. The maximum absolute atomic E-state index is 2.25. The molecule has 1 aliphatic rings. The van der Waals surface area contributed by atoms with Crippen LogP contribution in [-0.2, 0) is 0 Å². The van der Waals surface area contributed by atoms with E-state index in [-0.39, 0.29) is 0 Å². The highest BCUT2D eigenvalue weighted by atomic mass is 14.3. The molecule has 0 spiro atoms.